The summed E-state index contributed by atoms with van der Waals surface area (Å²) in [5.41, 5.74) is 7.77. The number of hydrogen-bond acceptors (Lipinski definition) is 6. The number of ether oxygens (including phenoxy) is 1. The minimum atomic E-state index is -1.02. The molecule has 196 valence electrons. The van der Waals surface area contributed by atoms with Crippen LogP contribution in [0.2, 0.25) is 0 Å². The topological polar surface area (TPSA) is 157 Å². The first-order chi connectivity index (χ1) is 16.8. The van der Waals surface area contributed by atoms with Crippen molar-refractivity contribution < 1.29 is 23.9 Å². The molecule has 11 heteroatoms. The Kier molecular flexibility index (Phi) is 9.60. The van der Waals surface area contributed by atoms with Crippen LogP contribution in [0, 0.1) is 5.92 Å². The zero-order valence-corrected chi connectivity index (χ0v) is 21.6. The van der Waals surface area contributed by atoms with Crippen LogP contribution in [-0.4, -0.2) is 52.3 Å². The predicted molar refractivity (Wildman–Crippen MR) is 137 cm³/mol. The quantitative estimate of drug-likeness (QED) is 0.170. The molecule has 11 nitrogen and oxygen atoms in total. The van der Waals surface area contributed by atoms with Gasteiger partial charge in [0.25, 0.3) is 5.91 Å². The van der Waals surface area contributed by atoms with Crippen LogP contribution in [0.4, 0.5) is 4.79 Å². The van der Waals surface area contributed by atoms with Crippen molar-refractivity contribution in [1.29, 1.82) is 0 Å². The molecule has 0 spiro atoms. The van der Waals surface area contributed by atoms with E-state index < -0.39 is 35.5 Å². The summed E-state index contributed by atoms with van der Waals surface area (Å²) in [6.45, 7) is 9.16. The SMILES string of the molecule is CC(C)C[C@H](NC(=O)c1cc2ccccc2n1C)C(=O)N[C@H](C=O)CC(=NNC(N)=O)OC(C)(C)C. The largest absolute Gasteiger partial charge is 0.474 e. The number of aromatic nitrogens is 1. The molecule has 0 radical (unpaired) electrons. The minimum absolute atomic E-state index is 0.0126. The second kappa shape index (κ2) is 12.2. The van der Waals surface area contributed by atoms with Gasteiger partial charge in [0.2, 0.25) is 11.8 Å². The summed E-state index contributed by atoms with van der Waals surface area (Å²) in [5.74, 6) is -0.824. The molecule has 4 amide bonds. The predicted octanol–water partition coefficient (Wildman–Crippen LogP) is 2.19. The lowest BCUT2D eigenvalue weighted by molar-refractivity contribution is -0.125. The van der Waals surface area contributed by atoms with Gasteiger partial charge >= 0.3 is 6.03 Å². The molecule has 0 saturated heterocycles. The highest BCUT2D eigenvalue weighted by Crippen LogP contribution is 2.19. The van der Waals surface area contributed by atoms with Gasteiger partial charge in [-0.2, -0.15) is 0 Å². The summed E-state index contributed by atoms with van der Waals surface area (Å²) >= 11 is 0. The molecule has 0 aliphatic carbocycles. The summed E-state index contributed by atoms with van der Waals surface area (Å²) in [5, 5.41) is 10.2. The van der Waals surface area contributed by atoms with E-state index in [0.717, 1.165) is 10.9 Å². The van der Waals surface area contributed by atoms with Crippen LogP contribution in [0.3, 0.4) is 0 Å². The van der Waals surface area contributed by atoms with Crippen LogP contribution >= 0.6 is 0 Å². The smallest absolute Gasteiger partial charge is 0.332 e. The van der Waals surface area contributed by atoms with E-state index in [1.165, 1.54) is 0 Å². The molecule has 0 fully saturated rings. The number of hydrogen-bond donors (Lipinski definition) is 4. The van der Waals surface area contributed by atoms with E-state index in [0.29, 0.717) is 18.4 Å². The summed E-state index contributed by atoms with van der Waals surface area (Å²) in [6.07, 6.45) is 0.774. The molecule has 5 N–H and O–H groups in total. The van der Waals surface area contributed by atoms with Gasteiger partial charge < -0.3 is 30.5 Å². The van der Waals surface area contributed by atoms with Crippen molar-refractivity contribution in [2.75, 3.05) is 0 Å². The van der Waals surface area contributed by atoms with Gasteiger partial charge in [-0.15, -0.1) is 5.10 Å². The number of primary amides is 1. The number of fused-ring (bicyclic) bond motifs is 1. The van der Waals surface area contributed by atoms with E-state index in [-0.39, 0.29) is 18.2 Å². The molecule has 0 aliphatic rings. The van der Waals surface area contributed by atoms with Crippen molar-refractivity contribution in [3.05, 3.63) is 36.0 Å². The Hall–Kier alpha value is -3.89. The maximum Gasteiger partial charge on any atom is 0.332 e. The third-order valence-electron chi connectivity index (χ3n) is 5.11. The number of nitrogens with two attached hydrogens (primary N) is 1. The first-order valence-corrected chi connectivity index (χ1v) is 11.7. The van der Waals surface area contributed by atoms with E-state index >= 15 is 0 Å². The standard InChI is InChI=1S/C25H36N6O5/c1-15(2)11-18(28-23(34)20-12-16-9-7-8-10-19(16)31(20)6)22(33)27-17(14-32)13-21(29-30-24(26)35)36-25(3,4)5/h7-10,12,14-15,17-18H,11,13H2,1-6H3,(H,27,33)(H,28,34)(H3,26,30,35)/t17-,18-/m0/s1. The van der Waals surface area contributed by atoms with E-state index in [9.17, 15) is 19.2 Å². The Morgan fingerprint density at radius 3 is 2.39 bits per heavy atom. The van der Waals surface area contributed by atoms with Gasteiger partial charge in [-0.1, -0.05) is 32.0 Å². The number of hydrazone groups is 1. The van der Waals surface area contributed by atoms with Crippen molar-refractivity contribution in [1.82, 2.24) is 20.6 Å². The number of carbonyl (C=O) groups is 4. The van der Waals surface area contributed by atoms with E-state index in [1.807, 2.05) is 38.1 Å². The summed E-state index contributed by atoms with van der Waals surface area (Å²) in [4.78, 5) is 49.1. The highest BCUT2D eigenvalue weighted by Gasteiger charge is 2.27. The number of para-hydroxylation sites is 1. The fourth-order valence-corrected chi connectivity index (χ4v) is 3.63. The molecule has 0 saturated carbocycles. The number of aryl methyl sites for hydroxylation is 1. The fourth-order valence-electron chi connectivity index (χ4n) is 3.63. The van der Waals surface area contributed by atoms with E-state index in [4.69, 9.17) is 10.5 Å². The van der Waals surface area contributed by atoms with Crippen LogP contribution in [0.25, 0.3) is 10.9 Å². The number of urea groups is 1. The molecule has 2 rings (SSSR count). The molecule has 1 aromatic heterocycles. The van der Waals surface area contributed by atoms with Gasteiger partial charge in [0.15, 0.2) is 0 Å². The fraction of sp³-hybridized carbons (Fsp3) is 0.480. The first-order valence-electron chi connectivity index (χ1n) is 11.7. The molecule has 0 unspecified atom stereocenters. The molecule has 36 heavy (non-hydrogen) atoms. The summed E-state index contributed by atoms with van der Waals surface area (Å²) in [7, 11) is 1.79. The molecular weight excluding hydrogens is 464 g/mol. The summed E-state index contributed by atoms with van der Waals surface area (Å²) < 4.78 is 7.45. The van der Waals surface area contributed by atoms with Gasteiger partial charge in [-0.3, -0.25) is 9.59 Å². The Balaban J connectivity index is 2.19. The average molecular weight is 501 g/mol. The molecule has 1 aromatic carbocycles. The Morgan fingerprint density at radius 2 is 1.83 bits per heavy atom. The third-order valence-corrected chi connectivity index (χ3v) is 5.11. The van der Waals surface area contributed by atoms with Crippen molar-refractivity contribution >= 4 is 40.9 Å². The molecule has 0 aliphatic heterocycles. The van der Waals surface area contributed by atoms with E-state index in [2.05, 4.69) is 21.2 Å². The highest BCUT2D eigenvalue weighted by atomic mass is 16.5. The zero-order valence-electron chi connectivity index (χ0n) is 21.6. The number of carbonyl (C=O) groups excluding carboxylic acids is 4. The molecule has 2 atom stereocenters. The van der Waals surface area contributed by atoms with Gasteiger partial charge in [-0.25, -0.2) is 10.2 Å². The van der Waals surface area contributed by atoms with Crippen LogP contribution in [-0.2, 0) is 21.4 Å². The highest BCUT2D eigenvalue weighted by molar-refractivity contribution is 6.01. The zero-order chi connectivity index (χ0) is 27.0. The molecule has 2 aromatic rings. The van der Waals surface area contributed by atoms with Crippen LogP contribution in [0.15, 0.2) is 35.4 Å². The number of amides is 4. The average Bonchev–Trinajstić information content (AvgIpc) is 3.12. The third kappa shape index (κ3) is 8.40. The normalized spacial score (nSPS) is 13.7. The van der Waals surface area contributed by atoms with Crippen molar-refractivity contribution in [3.8, 4) is 0 Å². The Bertz CT molecular complexity index is 1130. The Morgan fingerprint density at radius 1 is 1.17 bits per heavy atom. The van der Waals surface area contributed by atoms with Crippen molar-refractivity contribution in [2.45, 2.75) is 65.1 Å². The van der Waals surface area contributed by atoms with Gasteiger partial charge in [0.05, 0.1) is 12.5 Å². The summed E-state index contributed by atoms with van der Waals surface area (Å²) in [6, 6.07) is 6.56. The first kappa shape index (κ1) is 28.3. The lowest BCUT2D eigenvalue weighted by Gasteiger charge is -2.25. The maximum absolute atomic E-state index is 13.1. The molecular formula is C25H36N6O5. The van der Waals surface area contributed by atoms with E-state index in [1.54, 1.807) is 38.5 Å². The van der Waals surface area contributed by atoms with Crippen molar-refractivity contribution in [3.63, 3.8) is 0 Å². The van der Waals surface area contributed by atoms with Crippen LogP contribution < -0.4 is 21.8 Å². The number of rotatable bonds is 10. The second-order valence-corrected chi connectivity index (χ2v) is 9.95. The number of aldehydes is 1. The lowest BCUT2D eigenvalue weighted by atomic mass is 10.0. The number of benzene rings is 1. The van der Waals surface area contributed by atoms with Crippen LogP contribution in [0.5, 0.6) is 0 Å². The minimum Gasteiger partial charge on any atom is -0.474 e. The van der Waals surface area contributed by atoms with Gasteiger partial charge in [-0.05, 0) is 45.2 Å². The number of nitrogens with zero attached hydrogens (tertiary/aromatic N) is 2. The van der Waals surface area contributed by atoms with Gasteiger partial charge in [0.1, 0.15) is 23.6 Å². The molecule has 1 heterocycles. The van der Waals surface area contributed by atoms with Gasteiger partial charge in [0, 0.05) is 18.0 Å². The number of nitrogens with one attached hydrogen (secondary N) is 3. The maximum atomic E-state index is 13.1. The van der Waals surface area contributed by atoms with Crippen molar-refractivity contribution in [2.24, 2.45) is 23.8 Å². The molecule has 0 bridgehead atoms. The van der Waals surface area contributed by atoms with Crippen LogP contribution in [0.1, 0.15) is 57.9 Å². The lowest BCUT2D eigenvalue weighted by Crippen LogP contribution is -2.51. The monoisotopic (exact) mass is 500 g/mol. The Labute approximate surface area is 210 Å². The second-order valence-electron chi connectivity index (χ2n) is 9.95.